The Hall–Kier alpha value is -0.880. The lowest BCUT2D eigenvalue weighted by atomic mass is 9.99. The second-order valence-electron chi connectivity index (χ2n) is 4.57. The minimum Gasteiger partial charge on any atom is -0.120 e. The molecule has 0 aromatic rings. The van der Waals surface area contributed by atoms with Crippen LogP contribution in [0.5, 0.6) is 0 Å². The molecular weight excluding hydrogens is 192 g/mol. The van der Waals surface area contributed by atoms with Gasteiger partial charge >= 0.3 is 0 Å². The summed E-state index contributed by atoms with van der Waals surface area (Å²) >= 11 is 0. The molecular formula is C16H26. The molecule has 0 fully saturated rings. The van der Waals surface area contributed by atoms with Crippen LogP contribution < -0.4 is 0 Å². The molecule has 0 rings (SSSR count). The van der Waals surface area contributed by atoms with Gasteiger partial charge < -0.3 is 0 Å². The van der Waals surface area contributed by atoms with Gasteiger partial charge in [-0.25, -0.2) is 0 Å². The van der Waals surface area contributed by atoms with Crippen LogP contribution in [0.2, 0.25) is 0 Å². The molecule has 0 aromatic carbocycles. The molecule has 0 spiro atoms. The summed E-state index contributed by atoms with van der Waals surface area (Å²) in [7, 11) is 0. The van der Waals surface area contributed by atoms with Crippen LogP contribution in [0, 0.1) is 30.1 Å². The minimum absolute atomic E-state index is 0.761. The van der Waals surface area contributed by atoms with Crippen molar-refractivity contribution in [2.75, 3.05) is 0 Å². The van der Waals surface area contributed by atoms with Crippen LogP contribution in [0.3, 0.4) is 0 Å². The molecule has 0 saturated carbocycles. The van der Waals surface area contributed by atoms with E-state index in [-0.39, 0.29) is 0 Å². The van der Waals surface area contributed by atoms with Crippen LogP contribution in [0.25, 0.3) is 0 Å². The molecule has 16 heavy (non-hydrogen) atoms. The second kappa shape index (κ2) is 12.2. The number of hydrogen-bond donors (Lipinski definition) is 0. The normalized spacial score (nSPS) is 11.3. The van der Waals surface area contributed by atoms with E-state index in [1.54, 1.807) is 0 Å². The topological polar surface area (TPSA) is 0 Å². The highest BCUT2D eigenvalue weighted by Crippen LogP contribution is 2.13. The molecule has 1 atom stereocenters. The van der Waals surface area contributed by atoms with Gasteiger partial charge in [-0.05, 0) is 25.2 Å². The first-order chi connectivity index (χ1) is 7.81. The maximum Gasteiger partial charge on any atom is 0.0114 e. The maximum absolute atomic E-state index is 5.21. The van der Waals surface area contributed by atoms with Gasteiger partial charge in [0.2, 0.25) is 0 Å². The van der Waals surface area contributed by atoms with E-state index < -0.39 is 0 Å². The molecule has 0 aromatic heterocycles. The highest BCUT2D eigenvalue weighted by atomic mass is 14.0. The van der Waals surface area contributed by atoms with E-state index in [4.69, 9.17) is 6.42 Å². The van der Waals surface area contributed by atoms with Crippen molar-refractivity contribution in [3.8, 4) is 24.2 Å². The third-order valence-electron chi connectivity index (χ3n) is 2.72. The Bertz CT molecular complexity index is 233. The van der Waals surface area contributed by atoms with E-state index in [0.29, 0.717) is 0 Å². The van der Waals surface area contributed by atoms with Gasteiger partial charge in [0.05, 0.1) is 0 Å². The Morgan fingerprint density at radius 3 is 2.44 bits per heavy atom. The number of hydrogen-bond acceptors (Lipinski definition) is 0. The first-order valence-corrected chi connectivity index (χ1v) is 6.70. The molecule has 0 heteroatoms. The van der Waals surface area contributed by atoms with E-state index in [1.807, 2.05) is 0 Å². The number of rotatable bonds is 8. The molecule has 1 unspecified atom stereocenters. The van der Waals surface area contributed by atoms with Crippen LogP contribution in [0.1, 0.15) is 71.6 Å². The van der Waals surface area contributed by atoms with Crippen molar-refractivity contribution in [3.05, 3.63) is 0 Å². The summed E-state index contributed by atoms with van der Waals surface area (Å²) in [6, 6.07) is 0. The predicted molar refractivity (Wildman–Crippen MR) is 73.0 cm³/mol. The van der Waals surface area contributed by atoms with Gasteiger partial charge in [-0.15, -0.1) is 24.2 Å². The summed E-state index contributed by atoms with van der Waals surface area (Å²) in [6.07, 6.45) is 15.9. The summed E-state index contributed by atoms with van der Waals surface area (Å²) in [5, 5.41) is 0. The van der Waals surface area contributed by atoms with Gasteiger partial charge in [-0.1, -0.05) is 33.1 Å². The van der Waals surface area contributed by atoms with Gasteiger partial charge in [0.1, 0.15) is 0 Å². The van der Waals surface area contributed by atoms with Crippen molar-refractivity contribution < 1.29 is 0 Å². The van der Waals surface area contributed by atoms with Gasteiger partial charge in [0.25, 0.3) is 0 Å². The van der Waals surface area contributed by atoms with Crippen molar-refractivity contribution in [1.29, 1.82) is 0 Å². The highest BCUT2D eigenvalue weighted by Gasteiger charge is 1.99. The van der Waals surface area contributed by atoms with Gasteiger partial charge in [-0.2, -0.15) is 0 Å². The van der Waals surface area contributed by atoms with Crippen molar-refractivity contribution >= 4 is 0 Å². The fraction of sp³-hybridized carbons (Fsp3) is 0.750. The number of unbranched alkanes of at least 4 members (excludes halogenated alkanes) is 5. The summed E-state index contributed by atoms with van der Waals surface area (Å²) < 4.78 is 0. The Morgan fingerprint density at radius 1 is 1.00 bits per heavy atom. The molecule has 0 N–H and O–H groups in total. The van der Waals surface area contributed by atoms with Gasteiger partial charge in [-0.3, -0.25) is 0 Å². The van der Waals surface area contributed by atoms with E-state index in [2.05, 4.69) is 31.6 Å². The predicted octanol–water partition coefficient (Wildman–Crippen LogP) is 4.79. The third kappa shape index (κ3) is 11.2. The fourth-order valence-electron chi connectivity index (χ4n) is 1.64. The van der Waals surface area contributed by atoms with E-state index >= 15 is 0 Å². The Balaban J connectivity index is 3.28. The molecule has 90 valence electrons. The summed E-state index contributed by atoms with van der Waals surface area (Å²) in [4.78, 5) is 0. The lowest BCUT2D eigenvalue weighted by Gasteiger charge is -2.06. The van der Waals surface area contributed by atoms with Crippen molar-refractivity contribution in [1.82, 2.24) is 0 Å². The zero-order valence-electron chi connectivity index (χ0n) is 11.0. The molecule has 0 nitrogen and oxygen atoms in total. The van der Waals surface area contributed by atoms with Crippen LogP contribution in [0.4, 0.5) is 0 Å². The zero-order valence-corrected chi connectivity index (χ0v) is 11.0. The van der Waals surface area contributed by atoms with Crippen molar-refractivity contribution in [2.24, 2.45) is 5.92 Å². The van der Waals surface area contributed by atoms with Crippen LogP contribution in [0.15, 0.2) is 0 Å². The van der Waals surface area contributed by atoms with Gasteiger partial charge in [0, 0.05) is 19.3 Å². The largest absolute Gasteiger partial charge is 0.120 e. The molecule has 0 aliphatic rings. The molecule has 0 aliphatic carbocycles. The summed E-state index contributed by atoms with van der Waals surface area (Å²) in [5.74, 6) is 9.93. The maximum atomic E-state index is 5.21. The lowest BCUT2D eigenvalue weighted by molar-refractivity contribution is 0.497. The lowest BCUT2D eigenvalue weighted by Crippen LogP contribution is -1.93. The highest BCUT2D eigenvalue weighted by molar-refractivity contribution is 4.99. The Kier molecular flexibility index (Phi) is 11.5. The number of terminal acetylenes is 1. The van der Waals surface area contributed by atoms with Crippen molar-refractivity contribution in [2.45, 2.75) is 71.6 Å². The molecule has 0 amide bonds. The SMILES string of the molecule is C#CCCCCCCC(C)CC#CCCC. The molecule has 0 bridgehead atoms. The first kappa shape index (κ1) is 15.1. The summed E-state index contributed by atoms with van der Waals surface area (Å²) in [6.45, 7) is 4.48. The quantitative estimate of drug-likeness (QED) is 0.406. The second-order valence-corrected chi connectivity index (χ2v) is 4.57. The first-order valence-electron chi connectivity index (χ1n) is 6.70. The Labute approximate surface area is 102 Å². The minimum atomic E-state index is 0.761. The average Bonchev–Trinajstić information content (AvgIpc) is 2.29. The molecule has 0 saturated heterocycles. The monoisotopic (exact) mass is 218 g/mol. The van der Waals surface area contributed by atoms with Crippen LogP contribution in [-0.2, 0) is 0 Å². The summed E-state index contributed by atoms with van der Waals surface area (Å²) in [5.41, 5.74) is 0. The van der Waals surface area contributed by atoms with Crippen molar-refractivity contribution in [3.63, 3.8) is 0 Å². The molecule has 0 heterocycles. The average molecular weight is 218 g/mol. The van der Waals surface area contributed by atoms with Gasteiger partial charge in [0.15, 0.2) is 0 Å². The van der Waals surface area contributed by atoms with E-state index in [9.17, 15) is 0 Å². The van der Waals surface area contributed by atoms with E-state index in [0.717, 1.165) is 25.2 Å². The van der Waals surface area contributed by atoms with E-state index in [1.165, 1.54) is 38.5 Å². The Morgan fingerprint density at radius 2 is 1.75 bits per heavy atom. The fourth-order valence-corrected chi connectivity index (χ4v) is 1.64. The zero-order chi connectivity index (χ0) is 12.1. The third-order valence-corrected chi connectivity index (χ3v) is 2.72. The molecule has 0 radical (unpaired) electrons. The standard InChI is InChI=1S/C16H26/c1-4-6-8-10-11-13-15-16(3)14-12-9-7-5-2/h1,16H,5-8,10-11,13-15H2,2-3H3. The van der Waals surface area contributed by atoms with Crippen LogP contribution >= 0.6 is 0 Å². The smallest absolute Gasteiger partial charge is 0.0114 e. The molecule has 0 aliphatic heterocycles. The van der Waals surface area contributed by atoms with Crippen LogP contribution in [-0.4, -0.2) is 0 Å².